The zero-order valence-electron chi connectivity index (χ0n) is 13.3. The van der Waals surface area contributed by atoms with E-state index in [0.717, 1.165) is 23.3 Å². The van der Waals surface area contributed by atoms with Gasteiger partial charge in [0.15, 0.2) is 0 Å². The Morgan fingerprint density at radius 1 is 1.36 bits per heavy atom. The van der Waals surface area contributed by atoms with Crippen LogP contribution in [-0.4, -0.2) is 40.4 Å². The van der Waals surface area contributed by atoms with Crippen LogP contribution in [0, 0.1) is 0 Å². The zero-order chi connectivity index (χ0) is 16.1. The van der Waals surface area contributed by atoms with Crippen LogP contribution in [0.3, 0.4) is 0 Å². The van der Waals surface area contributed by atoms with Gasteiger partial charge in [-0.05, 0) is 42.4 Å². The van der Waals surface area contributed by atoms with Crippen molar-refractivity contribution >= 4 is 28.4 Å². The molecule has 4 nitrogen and oxygen atoms in total. The molecule has 5 heteroatoms. The molecule has 1 aromatic heterocycles. The largest absolute Gasteiger partial charge is 0.338 e. The van der Waals surface area contributed by atoms with Gasteiger partial charge in [-0.3, -0.25) is 9.59 Å². The second-order valence-corrected chi connectivity index (χ2v) is 6.74. The van der Waals surface area contributed by atoms with Gasteiger partial charge in [0.2, 0.25) is 0 Å². The average molecular weight is 318 g/mol. The van der Waals surface area contributed by atoms with Crippen molar-refractivity contribution in [2.45, 2.75) is 26.3 Å². The summed E-state index contributed by atoms with van der Waals surface area (Å²) in [5.41, 5.74) is 0.130. The minimum atomic E-state index is -0.218. The molecule has 22 heavy (non-hydrogen) atoms. The normalized spacial score (nSPS) is 12.3. The van der Waals surface area contributed by atoms with Gasteiger partial charge in [-0.15, -0.1) is 0 Å². The van der Waals surface area contributed by atoms with E-state index in [-0.39, 0.29) is 17.5 Å². The first-order valence-corrected chi connectivity index (χ1v) is 8.67. The molecule has 1 heterocycles. The molecule has 1 amide bonds. The highest BCUT2D eigenvalue weighted by atomic mass is 32.2. The summed E-state index contributed by atoms with van der Waals surface area (Å²) in [4.78, 5) is 29.0. The number of fused-ring (bicyclic) bond motifs is 1. The van der Waals surface area contributed by atoms with Gasteiger partial charge in [0.05, 0.1) is 0 Å². The van der Waals surface area contributed by atoms with E-state index in [4.69, 9.17) is 0 Å². The number of pyridine rings is 1. The number of hydrogen-bond acceptors (Lipinski definition) is 3. The first kappa shape index (κ1) is 16.6. The number of benzene rings is 1. The number of aromatic amines is 1. The molecule has 0 fully saturated rings. The first-order valence-electron chi connectivity index (χ1n) is 7.51. The van der Waals surface area contributed by atoms with E-state index >= 15 is 0 Å². The molecule has 0 aliphatic rings. The first-order chi connectivity index (χ1) is 10.5. The Bertz CT molecular complexity index is 711. The third-order valence-corrected chi connectivity index (χ3v) is 4.78. The molecule has 0 spiro atoms. The van der Waals surface area contributed by atoms with Crippen molar-refractivity contribution in [1.82, 2.24) is 9.88 Å². The Morgan fingerprint density at radius 2 is 2.09 bits per heavy atom. The van der Waals surface area contributed by atoms with E-state index in [2.05, 4.69) is 11.9 Å². The lowest BCUT2D eigenvalue weighted by atomic mass is 10.1. The summed E-state index contributed by atoms with van der Waals surface area (Å²) in [6.45, 7) is 4.16. The summed E-state index contributed by atoms with van der Waals surface area (Å²) in [6.07, 6.45) is 0.943. The molecule has 0 radical (unpaired) electrons. The third-order valence-electron chi connectivity index (χ3n) is 3.85. The van der Waals surface area contributed by atoms with Crippen LogP contribution < -0.4 is 5.56 Å². The molecule has 0 saturated heterocycles. The van der Waals surface area contributed by atoms with Crippen molar-refractivity contribution in [2.75, 3.05) is 18.6 Å². The number of H-pyrrole nitrogens is 1. The molecule has 0 unspecified atom stereocenters. The molecule has 118 valence electrons. The highest BCUT2D eigenvalue weighted by Crippen LogP contribution is 2.14. The molecule has 0 aliphatic heterocycles. The Labute approximate surface area is 134 Å². The van der Waals surface area contributed by atoms with Crippen LogP contribution in [0.15, 0.2) is 35.1 Å². The number of thioether (sulfide) groups is 1. The number of nitrogens with zero attached hydrogens (tertiary/aromatic N) is 1. The van der Waals surface area contributed by atoms with Crippen molar-refractivity contribution in [2.24, 2.45) is 0 Å². The van der Waals surface area contributed by atoms with E-state index in [0.29, 0.717) is 11.1 Å². The summed E-state index contributed by atoms with van der Waals surface area (Å²) in [5.74, 6) is 1.98. The topological polar surface area (TPSA) is 53.2 Å². The highest BCUT2D eigenvalue weighted by Gasteiger charge is 2.18. The summed E-state index contributed by atoms with van der Waals surface area (Å²) in [5, 5.41) is 1.39. The number of carbonyl (C=O) groups excluding carboxylic acids is 1. The molecule has 0 saturated carbocycles. The fourth-order valence-electron chi connectivity index (χ4n) is 2.31. The van der Waals surface area contributed by atoms with Crippen LogP contribution in [-0.2, 0) is 0 Å². The van der Waals surface area contributed by atoms with Crippen molar-refractivity contribution in [1.29, 1.82) is 0 Å². The monoisotopic (exact) mass is 318 g/mol. The van der Waals surface area contributed by atoms with Gasteiger partial charge >= 0.3 is 0 Å². The van der Waals surface area contributed by atoms with E-state index in [9.17, 15) is 9.59 Å². The third kappa shape index (κ3) is 3.71. The van der Waals surface area contributed by atoms with Gasteiger partial charge in [0, 0.05) is 18.5 Å². The fourth-order valence-corrected chi connectivity index (χ4v) is 3.10. The summed E-state index contributed by atoms with van der Waals surface area (Å²) >= 11 is 1.87. The molecule has 0 bridgehead atoms. The van der Waals surface area contributed by atoms with E-state index < -0.39 is 0 Å². The van der Waals surface area contributed by atoms with Crippen molar-refractivity contribution in [3.8, 4) is 0 Å². The molecular weight excluding hydrogens is 296 g/mol. The maximum Gasteiger partial charge on any atom is 0.270 e. The quantitative estimate of drug-likeness (QED) is 0.833. The molecular formula is C17H22N2O2S. The zero-order valence-corrected chi connectivity index (χ0v) is 14.1. The highest BCUT2D eigenvalue weighted by molar-refractivity contribution is 7.99. The second-order valence-electron chi connectivity index (χ2n) is 5.35. The standard InChI is InChI=1S/C17H22N2O2S/c1-4-22-10-9-12(2)19(3)17(21)15-11-13-7-5-6-8-14(13)16(20)18-15/h5-8,11-12H,4,9-10H2,1-3H3,(H,18,20)/t12-/m1/s1. The number of aromatic nitrogens is 1. The number of carbonyl (C=O) groups is 1. The van der Waals surface area contributed by atoms with Gasteiger partial charge in [0.1, 0.15) is 5.69 Å². The van der Waals surface area contributed by atoms with Gasteiger partial charge < -0.3 is 9.88 Å². The van der Waals surface area contributed by atoms with E-state index in [1.807, 2.05) is 36.9 Å². The minimum Gasteiger partial charge on any atom is -0.338 e. The SMILES string of the molecule is CCSCC[C@@H](C)N(C)C(=O)c1cc2ccccc2c(=O)[nH]1. The van der Waals surface area contributed by atoms with Gasteiger partial charge in [-0.1, -0.05) is 25.1 Å². The number of hydrogen-bond donors (Lipinski definition) is 1. The number of rotatable bonds is 6. The minimum absolute atomic E-state index is 0.140. The number of amides is 1. The second kappa shape index (κ2) is 7.49. The Kier molecular flexibility index (Phi) is 5.66. The average Bonchev–Trinajstić information content (AvgIpc) is 2.53. The Balaban J connectivity index is 2.20. The van der Waals surface area contributed by atoms with Crippen LogP contribution >= 0.6 is 11.8 Å². The number of nitrogens with one attached hydrogen (secondary N) is 1. The fraction of sp³-hybridized carbons (Fsp3) is 0.412. The maximum atomic E-state index is 12.6. The predicted molar refractivity (Wildman–Crippen MR) is 93.7 cm³/mol. The molecule has 2 rings (SSSR count). The lowest BCUT2D eigenvalue weighted by molar-refractivity contribution is 0.0735. The van der Waals surface area contributed by atoms with Crippen molar-refractivity contribution < 1.29 is 4.79 Å². The summed E-state index contributed by atoms with van der Waals surface area (Å²) in [6, 6.07) is 9.19. The van der Waals surface area contributed by atoms with Crippen LogP contribution in [0.1, 0.15) is 30.8 Å². The van der Waals surface area contributed by atoms with Crippen molar-refractivity contribution in [3.05, 3.63) is 46.4 Å². The van der Waals surface area contributed by atoms with E-state index in [1.165, 1.54) is 0 Å². The van der Waals surface area contributed by atoms with Crippen LogP contribution in [0.2, 0.25) is 0 Å². The van der Waals surface area contributed by atoms with Crippen LogP contribution in [0.25, 0.3) is 10.8 Å². The Hall–Kier alpha value is -1.75. The van der Waals surface area contributed by atoms with Gasteiger partial charge in [-0.2, -0.15) is 11.8 Å². The van der Waals surface area contributed by atoms with Gasteiger partial charge in [-0.25, -0.2) is 0 Å². The van der Waals surface area contributed by atoms with Crippen LogP contribution in [0.5, 0.6) is 0 Å². The van der Waals surface area contributed by atoms with Crippen LogP contribution in [0.4, 0.5) is 0 Å². The molecule has 1 atom stereocenters. The van der Waals surface area contributed by atoms with E-state index in [1.54, 1.807) is 24.1 Å². The molecule has 0 aliphatic carbocycles. The molecule has 2 aromatic rings. The van der Waals surface area contributed by atoms with Gasteiger partial charge in [0.25, 0.3) is 11.5 Å². The maximum absolute atomic E-state index is 12.6. The Morgan fingerprint density at radius 3 is 2.82 bits per heavy atom. The lowest BCUT2D eigenvalue weighted by Gasteiger charge is -2.24. The smallest absolute Gasteiger partial charge is 0.270 e. The molecule has 1 aromatic carbocycles. The summed E-state index contributed by atoms with van der Waals surface area (Å²) in [7, 11) is 1.79. The van der Waals surface area contributed by atoms with Crippen molar-refractivity contribution in [3.63, 3.8) is 0 Å². The predicted octanol–water partition coefficient (Wildman–Crippen LogP) is 3.13. The lowest BCUT2D eigenvalue weighted by Crippen LogP contribution is -2.36. The summed E-state index contributed by atoms with van der Waals surface area (Å²) < 4.78 is 0. The molecule has 1 N–H and O–H groups in total.